The van der Waals surface area contributed by atoms with Crippen LogP contribution in [0.5, 0.6) is 17.2 Å². The summed E-state index contributed by atoms with van der Waals surface area (Å²) in [7, 11) is 0. The molecule has 2 atom stereocenters. The van der Waals surface area contributed by atoms with Crippen molar-refractivity contribution in [2.24, 2.45) is 0 Å². The number of phenolic OH excluding ortho intramolecular Hbond substituents is 1. The normalized spacial score (nSPS) is 18.9. The van der Waals surface area contributed by atoms with Gasteiger partial charge < -0.3 is 33.9 Å². The number of hydrogen-bond donors (Lipinski definition) is 2. The van der Waals surface area contributed by atoms with E-state index >= 15 is 4.79 Å². The Balaban J connectivity index is 0.00000427. The minimum atomic E-state index is -0.627. The third kappa shape index (κ3) is 7.04. The number of morpholine rings is 1. The van der Waals surface area contributed by atoms with Crippen molar-refractivity contribution in [2.75, 3.05) is 44.5 Å². The van der Waals surface area contributed by atoms with E-state index in [2.05, 4.69) is 27.7 Å². The van der Waals surface area contributed by atoms with Gasteiger partial charge in [-0.15, -0.1) is 12.4 Å². The SMILES string of the molecule is Cl.O=C(c1cc(-c2cc3c(cc2C(=O)N2Cc4ccccc4C[C@H]2CN2CCOCC2)OCO3)n2c1CC(O)CC2)N(c1ccccc1)c1ccc(O)cc1. The fourth-order valence-electron chi connectivity index (χ4n) is 8.31. The number of fused-ring (bicyclic) bond motifs is 3. The second-order valence-electron chi connectivity index (χ2n) is 14.4. The Morgan fingerprint density at radius 1 is 0.782 bits per heavy atom. The highest BCUT2D eigenvalue weighted by Gasteiger charge is 2.36. The molecule has 0 spiro atoms. The summed E-state index contributed by atoms with van der Waals surface area (Å²) in [6.07, 6.45) is 0.888. The molecule has 9 rings (SSSR count). The first kappa shape index (κ1) is 36.6. The quantitative estimate of drug-likeness (QED) is 0.202. The van der Waals surface area contributed by atoms with E-state index in [1.54, 1.807) is 35.2 Å². The number of para-hydroxylation sites is 1. The van der Waals surface area contributed by atoms with Crippen LogP contribution in [0.25, 0.3) is 11.3 Å². The topological polar surface area (TPSA) is 117 Å². The number of phenols is 1. The molecule has 5 aromatic rings. The van der Waals surface area contributed by atoms with Crippen molar-refractivity contribution in [2.45, 2.75) is 44.5 Å². The Morgan fingerprint density at radius 3 is 2.24 bits per heavy atom. The molecule has 4 aromatic carbocycles. The number of rotatable bonds is 7. The maximum Gasteiger partial charge on any atom is 0.264 e. The number of aromatic hydroxyl groups is 1. The van der Waals surface area contributed by atoms with E-state index < -0.39 is 6.10 Å². The molecule has 2 amide bonds. The van der Waals surface area contributed by atoms with Gasteiger partial charge in [0.25, 0.3) is 11.8 Å². The molecule has 0 bridgehead atoms. The van der Waals surface area contributed by atoms with Gasteiger partial charge in [0.1, 0.15) is 5.75 Å². The van der Waals surface area contributed by atoms with Gasteiger partial charge in [0.2, 0.25) is 6.79 Å². The van der Waals surface area contributed by atoms with Gasteiger partial charge in [-0.25, -0.2) is 0 Å². The monoisotopic (exact) mass is 762 g/mol. The minimum absolute atomic E-state index is 0. The Kier molecular flexibility index (Phi) is 10.3. The first-order chi connectivity index (χ1) is 26.4. The van der Waals surface area contributed by atoms with Gasteiger partial charge in [0, 0.05) is 73.5 Å². The molecular weight excluding hydrogens is 720 g/mol. The Hall–Kier alpha value is -5.33. The van der Waals surface area contributed by atoms with Crippen LogP contribution in [0.4, 0.5) is 11.4 Å². The van der Waals surface area contributed by atoms with Crippen LogP contribution in [0.3, 0.4) is 0 Å². The lowest BCUT2D eigenvalue weighted by Crippen LogP contribution is -2.52. The number of ether oxygens (including phenoxy) is 3. The number of anilines is 2. The second-order valence-corrected chi connectivity index (χ2v) is 14.4. The van der Waals surface area contributed by atoms with E-state index in [-0.39, 0.29) is 49.2 Å². The predicted octanol–water partition coefficient (Wildman–Crippen LogP) is 6.20. The zero-order valence-electron chi connectivity index (χ0n) is 30.3. The first-order valence-corrected chi connectivity index (χ1v) is 18.6. The van der Waals surface area contributed by atoms with Gasteiger partial charge in [0.05, 0.1) is 30.4 Å². The van der Waals surface area contributed by atoms with Crippen LogP contribution in [0, 0.1) is 0 Å². The molecule has 1 aromatic heterocycles. The molecular formula is C43H43ClN4O7. The number of amides is 2. The smallest absolute Gasteiger partial charge is 0.264 e. The number of hydrogen-bond acceptors (Lipinski definition) is 8. The third-order valence-corrected chi connectivity index (χ3v) is 11.1. The van der Waals surface area contributed by atoms with Crippen LogP contribution in [-0.2, 0) is 30.7 Å². The summed E-state index contributed by atoms with van der Waals surface area (Å²) >= 11 is 0. The molecule has 4 aliphatic heterocycles. The van der Waals surface area contributed by atoms with Gasteiger partial charge >= 0.3 is 0 Å². The van der Waals surface area contributed by atoms with Crippen LogP contribution in [0.15, 0.2) is 97.1 Å². The fraction of sp³-hybridized carbons (Fsp3) is 0.302. The summed E-state index contributed by atoms with van der Waals surface area (Å²) in [5.74, 6) is 0.719. The minimum Gasteiger partial charge on any atom is -0.508 e. The molecule has 1 unspecified atom stereocenters. The lowest BCUT2D eigenvalue weighted by molar-refractivity contribution is 0.0193. The Bertz CT molecular complexity index is 2200. The van der Waals surface area contributed by atoms with E-state index in [4.69, 9.17) is 14.2 Å². The standard InChI is InChI=1S/C43H42N4O7.ClH/c48-33-12-10-31(11-13-33)47(30-8-2-1-3-9-30)43(51)37-22-39(45-15-14-34(49)21-38(37)45)35-23-40-41(54-27-53-40)24-36(35)42(50)46-25-29-7-5-4-6-28(29)20-32(46)26-44-16-18-52-19-17-44;/h1-13,22-24,32,34,48-49H,14-21,25-27H2;1H/t32-,34?;/m0./s1. The number of aliphatic hydroxyl groups is 1. The van der Waals surface area contributed by atoms with Gasteiger partial charge in [0.15, 0.2) is 11.5 Å². The van der Waals surface area contributed by atoms with Crippen LogP contribution >= 0.6 is 12.4 Å². The van der Waals surface area contributed by atoms with E-state index in [9.17, 15) is 15.0 Å². The second kappa shape index (κ2) is 15.4. The van der Waals surface area contributed by atoms with Crippen LogP contribution in [0.2, 0.25) is 0 Å². The van der Waals surface area contributed by atoms with Crippen molar-refractivity contribution in [3.8, 4) is 28.5 Å². The van der Waals surface area contributed by atoms with Crippen molar-refractivity contribution in [3.05, 3.63) is 125 Å². The summed E-state index contributed by atoms with van der Waals surface area (Å²) in [5.41, 5.74) is 6.54. The molecule has 12 heteroatoms. The van der Waals surface area contributed by atoms with Crippen molar-refractivity contribution < 1.29 is 34.0 Å². The summed E-state index contributed by atoms with van der Waals surface area (Å²) in [4.78, 5) is 36.0. The number of carbonyl (C=O) groups excluding carboxylic acids is 2. The van der Waals surface area contributed by atoms with Crippen molar-refractivity contribution >= 4 is 35.6 Å². The molecule has 0 saturated carbocycles. The molecule has 5 heterocycles. The Morgan fingerprint density at radius 2 is 1.47 bits per heavy atom. The van der Waals surface area contributed by atoms with Gasteiger partial charge in [-0.2, -0.15) is 0 Å². The van der Waals surface area contributed by atoms with Crippen molar-refractivity contribution in [1.29, 1.82) is 0 Å². The van der Waals surface area contributed by atoms with E-state index in [1.807, 2.05) is 53.4 Å². The summed E-state index contributed by atoms with van der Waals surface area (Å²) in [6.45, 7) is 4.69. The van der Waals surface area contributed by atoms with Gasteiger partial charge in [-0.05, 0) is 78.6 Å². The zero-order valence-corrected chi connectivity index (χ0v) is 31.1. The van der Waals surface area contributed by atoms with Crippen LogP contribution in [0.1, 0.15) is 44.0 Å². The third-order valence-electron chi connectivity index (χ3n) is 11.1. The van der Waals surface area contributed by atoms with Gasteiger partial charge in [-0.3, -0.25) is 19.4 Å². The van der Waals surface area contributed by atoms with Crippen molar-refractivity contribution in [3.63, 3.8) is 0 Å². The Labute approximate surface area is 325 Å². The lowest BCUT2D eigenvalue weighted by atomic mass is 9.92. The number of nitrogens with zero attached hydrogens (tertiary/aromatic N) is 4. The molecule has 1 saturated heterocycles. The average molecular weight is 763 g/mol. The largest absolute Gasteiger partial charge is 0.508 e. The maximum absolute atomic E-state index is 15.2. The van der Waals surface area contributed by atoms with Gasteiger partial charge in [-0.1, -0.05) is 42.5 Å². The molecule has 1 fully saturated rings. The summed E-state index contributed by atoms with van der Waals surface area (Å²) < 4.78 is 19.4. The number of aliphatic hydroxyl groups excluding tert-OH is 1. The fourth-order valence-corrected chi connectivity index (χ4v) is 8.31. The number of aromatic nitrogens is 1. The first-order valence-electron chi connectivity index (χ1n) is 18.6. The summed E-state index contributed by atoms with van der Waals surface area (Å²) in [6, 6.07) is 29.7. The molecule has 0 radical (unpaired) electrons. The molecule has 0 aliphatic carbocycles. The van der Waals surface area contributed by atoms with E-state index in [0.717, 1.165) is 31.6 Å². The molecule has 4 aliphatic rings. The number of halogens is 1. The van der Waals surface area contributed by atoms with E-state index in [0.29, 0.717) is 83.7 Å². The lowest BCUT2D eigenvalue weighted by Gasteiger charge is -2.40. The average Bonchev–Trinajstić information content (AvgIpc) is 3.82. The highest BCUT2D eigenvalue weighted by atomic mass is 35.5. The number of carbonyl (C=O) groups is 2. The summed E-state index contributed by atoms with van der Waals surface area (Å²) in [5, 5.41) is 21.0. The number of benzene rings is 4. The molecule has 284 valence electrons. The van der Waals surface area contributed by atoms with Crippen molar-refractivity contribution in [1.82, 2.24) is 14.4 Å². The van der Waals surface area contributed by atoms with Crippen LogP contribution in [-0.4, -0.2) is 88.2 Å². The highest BCUT2D eigenvalue weighted by Crippen LogP contribution is 2.43. The molecule has 11 nitrogen and oxygen atoms in total. The molecule has 55 heavy (non-hydrogen) atoms. The van der Waals surface area contributed by atoms with Crippen LogP contribution < -0.4 is 14.4 Å². The maximum atomic E-state index is 15.2. The zero-order chi connectivity index (χ0) is 36.8. The van der Waals surface area contributed by atoms with E-state index in [1.165, 1.54) is 5.56 Å². The molecule has 2 N–H and O–H groups in total. The highest BCUT2D eigenvalue weighted by molar-refractivity contribution is 6.12. The predicted molar refractivity (Wildman–Crippen MR) is 210 cm³/mol.